The fraction of sp³-hybridized carbons (Fsp3) is 0.581. The molecule has 4 aliphatic rings. The van der Waals surface area contributed by atoms with Gasteiger partial charge in [0, 0.05) is 56.2 Å². The molecule has 0 aliphatic carbocycles. The predicted octanol–water partition coefficient (Wildman–Crippen LogP) is 4.52. The molecule has 14 heteroatoms. The fourth-order valence-electron chi connectivity index (χ4n) is 7.49. The summed E-state index contributed by atoms with van der Waals surface area (Å²) in [5.41, 5.74) is 3.84. The van der Waals surface area contributed by atoms with Crippen molar-refractivity contribution in [3.05, 3.63) is 52.5 Å². The number of carbonyl (C=O) groups is 1. The highest BCUT2D eigenvalue weighted by atomic mass is 19.4. The van der Waals surface area contributed by atoms with E-state index < -0.39 is 46.6 Å². The van der Waals surface area contributed by atoms with E-state index in [1.165, 1.54) is 13.0 Å². The lowest BCUT2D eigenvalue weighted by Gasteiger charge is -2.41. The molecule has 45 heavy (non-hydrogen) atoms. The van der Waals surface area contributed by atoms with Gasteiger partial charge < -0.3 is 25.0 Å². The van der Waals surface area contributed by atoms with Crippen molar-refractivity contribution in [2.75, 3.05) is 50.0 Å². The van der Waals surface area contributed by atoms with E-state index in [0.717, 1.165) is 25.5 Å². The Morgan fingerprint density at radius 3 is 2.76 bits per heavy atom. The number of nitrogens with two attached hydrogens (primary N) is 1. The third kappa shape index (κ3) is 5.71. The number of benzene rings is 1. The third-order valence-electron chi connectivity index (χ3n) is 9.61. The highest BCUT2D eigenvalue weighted by molar-refractivity contribution is 5.87. The Balaban J connectivity index is 1.37. The number of hydrogen-bond donors (Lipinski definition) is 1. The molecule has 1 amide bonds. The Hall–Kier alpha value is -3.52. The monoisotopic (exact) mass is 636 g/mol. The van der Waals surface area contributed by atoms with Crippen molar-refractivity contribution >= 4 is 17.4 Å². The molecule has 4 atom stereocenters. The van der Waals surface area contributed by atoms with Gasteiger partial charge in [0.25, 0.3) is 0 Å². The van der Waals surface area contributed by atoms with E-state index >= 15 is 4.39 Å². The maximum absolute atomic E-state index is 15.4. The summed E-state index contributed by atoms with van der Waals surface area (Å²) >= 11 is 0. The van der Waals surface area contributed by atoms with E-state index in [0.29, 0.717) is 49.7 Å². The van der Waals surface area contributed by atoms with Crippen LogP contribution in [0.1, 0.15) is 60.2 Å². The molecule has 1 aromatic heterocycles. The number of nitrogens with zero attached hydrogens (tertiary/aromatic N) is 5. The van der Waals surface area contributed by atoms with Gasteiger partial charge in [0.15, 0.2) is 5.82 Å². The highest BCUT2D eigenvalue weighted by Crippen LogP contribution is 2.45. The zero-order valence-corrected chi connectivity index (χ0v) is 25.3. The van der Waals surface area contributed by atoms with E-state index in [4.69, 9.17) is 20.2 Å². The van der Waals surface area contributed by atoms with Gasteiger partial charge >= 0.3 is 12.2 Å². The van der Waals surface area contributed by atoms with Crippen LogP contribution >= 0.6 is 0 Å². The number of halogens is 5. The number of piperazine rings is 1. The molecule has 2 N–H and O–H groups in total. The van der Waals surface area contributed by atoms with Crippen LogP contribution in [-0.4, -0.2) is 82.8 Å². The number of aromatic nitrogens is 2. The number of carbonyl (C=O) groups excluding carboxylic acids is 1. The van der Waals surface area contributed by atoms with Crippen molar-refractivity contribution in [2.45, 2.75) is 76.2 Å². The molecule has 1 unspecified atom stereocenters. The zero-order valence-electron chi connectivity index (χ0n) is 25.3. The number of aryl methyl sites for hydroxylation is 1. The van der Waals surface area contributed by atoms with E-state index in [9.17, 15) is 22.4 Å². The van der Waals surface area contributed by atoms with Gasteiger partial charge in [-0.2, -0.15) is 23.1 Å². The van der Waals surface area contributed by atoms with Gasteiger partial charge in [0.2, 0.25) is 5.91 Å². The van der Waals surface area contributed by atoms with Crippen molar-refractivity contribution in [3.8, 4) is 6.01 Å². The quantitative estimate of drug-likeness (QED) is 0.281. The van der Waals surface area contributed by atoms with Crippen LogP contribution in [0.15, 0.2) is 18.7 Å². The molecule has 0 radical (unpaired) electrons. The Morgan fingerprint density at radius 2 is 2.04 bits per heavy atom. The van der Waals surface area contributed by atoms with Gasteiger partial charge in [0.1, 0.15) is 18.6 Å². The summed E-state index contributed by atoms with van der Waals surface area (Å²) in [4.78, 5) is 27.4. The van der Waals surface area contributed by atoms with Gasteiger partial charge in [-0.15, -0.1) is 0 Å². The van der Waals surface area contributed by atoms with Crippen molar-refractivity contribution in [2.24, 2.45) is 0 Å². The smallest absolute Gasteiger partial charge is 0.417 e. The average Bonchev–Trinajstić information content (AvgIpc) is 3.51. The molecule has 2 aromatic rings. The highest BCUT2D eigenvalue weighted by Gasteiger charge is 2.49. The summed E-state index contributed by atoms with van der Waals surface area (Å²) in [6.07, 6.45) is -4.02. The second-order valence-electron chi connectivity index (χ2n) is 12.5. The second kappa shape index (κ2) is 11.7. The van der Waals surface area contributed by atoms with Gasteiger partial charge in [0.05, 0.1) is 35.2 Å². The molecular formula is C31H37F5N6O3. The molecule has 0 bridgehead atoms. The van der Waals surface area contributed by atoms with E-state index in [2.05, 4.69) is 16.5 Å². The number of ether oxygens (including phenoxy) is 2. The summed E-state index contributed by atoms with van der Waals surface area (Å²) in [5, 5.41) is 0. The summed E-state index contributed by atoms with van der Waals surface area (Å²) in [7, 11) is 0. The number of rotatable bonds is 6. The molecule has 3 saturated heterocycles. The number of amides is 1. The Labute approximate surface area is 258 Å². The molecule has 5 heterocycles. The standard InChI is InChI=1S/C31H37F5N6O3/c1-4-24(43)40-8-9-42(18(3)13-40)28-20-15-44-23(25-26(31(34,35)36)17(2)10-21(37)27(25)33)11-22(20)38-29(39-28)45-16-30-6-5-7-41(30)14-19(32)12-30/h4,10,18-19,23H,1,5-9,11-16,37H2,2-3H3/t18-,19+,23+,30?/m0/s1. The summed E-state index contributed by atoms with van der Waals surface area (Å²) in [6.45, 7) is 9.03. The van der Waals surface area contributed by atoms with Gasteiger partial charge in [-0.05, 0) is 50.9 Å². The largest absolute Gasteiger partial charge is 0.461 e. The summed E-state index contributed by atoms with van der Waals surface area (Å²) in [6, 6.07) is 0.786. The zero-order chi connectivity index (χ0) is 32.3. The van der Waals surface area contributed by atoms with Gasteiger partial charge in [-0.25, -0.2) is 8.78 Å². The van der Waals surface area contributed by atoms with Crippen molar-refractivity contribution in [1.29, 1.82) is 0 Å². The molecule has 9 nitrogen and oxygen atoms in total. The lowest BCUT2D eigenvalue weighted by molar-refractivity contribution is -0.140. The van der Waals surface area contributed by atoms with E-state index in [1.54, 1.807) is 4.90 Å². The van der Waals surface area contributed by atoms with Crippen LogP contribution in [0.3, 0.4) is 0 Å². The van der Waals surface area contributed by atoms with Crippen LogP contribution in [0.5, 0.6) is 6.01 Å². The average molecular weight is 637 g/mol. The Morgan fingerprint density at radius 1 is 1.27 bits per heavy atom. The van der Waals surface area contributed by atoms with Crippen LogP contribution in [0, 0.1) is 12.7 Å². The molecule has 3 fully saturated rings. The molecule has 0 spiro atoms. The SMILES string of the molecule is C=CC(=O)N1CCN(c2nc(OCC34CCCN3C[C@H](F)C4)nc3c2CO[C@@H](c2c(F)c(N)cc(C)c2C(F)(F)F)C3)[C@@H](C)C1. The predicted molar refractivity (Wildman–Crippen MR) is 156 cm³/mol. The number of anilines is 2. The number of alkyl halides is 4. The minimum absolute atomic E-state index is 0.00463. The third-order valence-corrected chi connectivity index (χ3v) is 9.61. The second-order valence-corrected chi connectivity index (χ2v) is 12.5. The van der Waals surface area contributed by atoms with Gasteiger partial charge in [-0.3, -0.25) is 9.69 Å². The van der Waals surface area contributed by atoms with E-state index in [-0.39, 0.29) is 43.2 Å². The first-order chi connectivity index (χ1) is 21.3. The van der Waals surface area contributed by atoms with Crippen molar-refractivity contribution < 1.29 is 36.2 Å². The first-order valence-electron chi connectivity index (χ1n) is 15.2. The minimum atomic E-state index is -4.84. The molecule has 0 saturated carbocycles. The number of fused-ring (bicyclic) bond motifs is 2. The number of nitrogen functional groups attached to an aromatic ring is 1. The maximum Gasteiger partial charge on any atom is 0.417 e. The minimum Gasteiger partial charge on any atom is -0.461 e. The van der Waals surface area contributed by atoms with Crippen LogP contribution in [0.4, 0.5) is 33.5 Å². The van der Waals surface area contributed by atoms with Gasteiger partial charge in [-0.1, -0.05) is 6.58 Å². The van der Waals surface area contributed by atoms with Crippen LogP contribution in [-0.2, 0) is 28.7 Å². The normalized spacial score (nSPS) is 27.0. The Bertz CT molecular complexity index is 1510. The fourth-order valence-corrected chi connectivity index (χ4v) is 7.49. The maximum atomic E-state index is 15.4. The summed E-state index contributed by atoms with van der Waals surface area (Å²) in [5.74, 6) is -0.891. The lowest BCUT2D eigenvalue weighted by Crippen LogP contribution is -2.54. The molecule has 6 rings (SSSR count). The summed E-state index contributed by atoms with van der Waals surface area (Å²) < 4.78 is 84.5. The lowest BCUT2D eigenvalue weighted by atomic mass is 9.91. The Kier molecular flexibility index (Phi) is 8.17. The molecule has 1 aromatic carbocycles. The van der Waals surface area contributed by atoms with Crippen LogP contribution < -0.4 is 15.4 Å². The number of hydrogen-bond acceptors (Lipinski definition) is 8. The first-order valence-corrected chi connectivity index (χ1v) is 15.2. The van der Waals surface area contributed by atoms with Crippen molar-refractivity contribution in [3.63, 3.8) is 0 Å². The van der Waals surface area contributed by atoms with E-state index in [1.807, 2.05) is 11.8 Å². The van der Waals surface area contributed by atoms with Crippen molar-refractivity contribution in [1.82, 2.24) is 19.8 Å². The topological polar surface area (TPSA) is 97.0 Å². The molecule has 4 aliphatic heterocycles. The molecule has 244 valence electrons. The first kappa shape index (κ1) is 31.5. The van der Waals surface area contributed by atoms with Crippen LogP contribution in [0.25, 0.3) is 0 Å². The van der Waals surface area contributed by atoms with Crippen LogP contribution in [0.2, 0.25) is 0 Å². The molecular weight excluding hydrogens is 599 g/mol.